The molecule has 0 fully saturated rings. The smallest absolute Gasteiger partial charge is 0.0436 e. The topological polar surface area (TPSA) is 0 Å². The highest BCUT2D eigenvalue weighted by Gasteiger charge is 2.24. The molecule has 0 nitrogen and oxygen atoms in total. The zero-order valence-corrected chi connectivity index (χ0v) is 32.4. The highest BCUT2D eigenvalue weighted by Crippen LogP contribution is 2.48. The van der Waals surface area contributed by atoms with E-state index in [9.17, 15) is 0 Å². The van der Waals surface area contributed by atoms with Gasteiger partial charge in [0.25, 0.3) is 0 Å². The summed E-state index contributed by atoms with van der Waals surface area (Å²) in [6.07, 6.45) is 0.975. The summed E-state index contributed by atoms with van der Waals surface area (Å²) >= 11 is 1.94. The maximum absolute atomic E-state index is 2.43. The van der Waals surface area contributed by atoms with Gasteiger partial charge in [0, 0.05) is 25.6 Å². The highest BCUT2D eigenvalue weighted by atomic mass is 32.1. The van der Waals surface area contributed by atoms with E-state index in [0.29, 0.717) is 0 Å². The molecule has 0 saturated heterocycles. The Morgan fingerprint density at radius 3 is 1.71 bits per heavy atom. The third-order valence-electron chi connectivity index (χ3n) is 12.9. The average Bonchev–Trinajstić information content (AvgIpc) is 3.86. The van der Waals surface area contributed by atoms with Crippen LogP contribution in [-0.4, -0.2) is 0 Å². The lowest BCUT2D eigenvalue weighted by molar-refractivity contribution is 1.29. The van der Waals surface area contributed by atoms with Gasteiger partial charge in [0.1, 0.15) is 0 Å². The van der Waals surface area contributed by atoms with Crippen LogP contribution in [0.25, 0.3) is 119 Å². The molecule has 12 aromatic rings. The molecule has 11 aromatic carbocycles. The summed E-state index contributed by atoms with van der Waals surface area (Å²) in [6.45, 7) is 0. The van der Waals surface area contributed by atoms with Gasteiger partial charge in [-0.25, -0.2) is 0 Å². The van der Waals surface area contributed by atoms with Crippen molar-refractivity contribution in [2.75, 3.05) is 0 Å². The van der Waals surface area contributed by atoms with E-state index in [4.69, 9.17) is 0 Å². The van der Waals surface area contributed by atoms with Gasteiger partial charge in [-0.15, -0.1) is 11.3 Å². The number of thiophene rings is 1. The van der Waals surface area contributed by atoms with E-state index < -0.39 is 0 Å². The van der Waals surface area contributed by atoms with Gasteiger partial charge >= 0.3 is 0 Å². The zero-order chi connectivity index (χ0) is 37.9. The lowest BCUT2D eigenvalue weighted by atomic mass is 9.84. The summed E-state index contributed by atoms with van der Waals surface area (Å²) in [5, 5.41) is 15.7. The minimum absolute atomic E-state index is 0.975. The molecule has 13 rings (SSSR count). The molecule has 1 heterocycles. The van der Waals surface area contributed by atoms with Gasteiger partial charge in [-0.2, -0.15) is 0 Å². The molecule has 0 saturated carbocycles. The Hall–Kier alpha value is -7.06. The predicted octanol–water partition coefficient (Wildman–Crippen LogP) is 16.4. The fourth-order valence-corrected chi connectivity index (χ4v) is 11.5. The number of rotatable bonds is 3. The molecule has 1 heteroatoms. The SMILES string of the molecule is c1ccc2c(-c3c4ccccc4c(-c4ccc5cc(-c6ccc7c(c6)-c6ccc8ccc9c%10ccccc%10sc9c8c6C7)ccc5c4)c4ccccc34)cccc2c1. The van der Waals surface area contributed by atoms with Crippen LogP contribution in [0.5, 0.6) is 0 Å². The van der Waals surface area contributed by atoms with Gasteiger partial charge in [0.2, 0.25) is 0 Å². The first-order valence-electron chi connectivity index (χ1n) is 20.2. The summed E-state index contributed by atoms with van der Waals surface area (Å²) in [6, 6.07) is 72.7. The first kappa shape index (κ1) is 32.1. The van der Waals surface area contributed by atoms with Crippen molar-refractivity contribution in [3.05, 3.63) is 205 Å². The second-order valence-corrected chi connectivity index (χ2v) is 17.0. The van der Waals surface area contributed by atoms with E-state index in [1.54, 1.807) is 0 Å². The standard InChI is InChI=1S/C57H34S/c1-2-12-42-34(10-1)11-9-18-45(42)56-48-16-5-3-14-46(48)54(47-15-4-6-17-49(47)56)41-25-23-36-30-37(20-21-38(36)31-41)39-22-24-40-33-52-43(51(40)32-39)28-26-35-27-29-50-44-13-7-8-19-53(44)58-57(50)55(35)52/h1-32H,33H2. The van der Waals surface area contributed by atoms with Crippen molar-refractivity contribution in [3.63, 3.8) is 0 Å². The van der Waals surface area contributed by atoms with E-state index in [-0.39, 0.29) is 0 Å². The van der Waals surface area contributed by atoms with Crippen LogP contribution in [0.1, 0.15) is 11.1 Å². The van der Waals surface area contributed by atoms with Crippen LogP contribution in [0.15, 0.2) is 194 Å². The summed E-state index contributed by atoms with van der Waals surface area (Å²) in [7, 11) is 0. The number of fused-ring (bicyclic) bond motifs is 13. The molecule has 0 radical (unpaired) electrons. The van der Waals surface area contributed by atoms with Crippen molar-refractivity contribution < 1.29 is 0 Å². The van der Waals surface area contributed by atoms with Gasteiger partial charge in [-0.1, -0.05) is 170 Å². The lowest BCUT2D eigenvalue weighted by Gasteiger charge is -2.19. The Balaban J connectivity index is 0.925. The third-order valence-corrected chi connectivity index (χ3v) is 14.1. The Morgan fingerprint density at radius 1 is 0.328 bits per heavy atom. The monoisotopic (exact) mass is 750 g/mol. The molecule has 1 aromatic heterocycles. The maximum Gasteiger partial charge on any atom is 0.0436 e. The average molecular weight is 751 g/mol. The quantitative estimate of drug-likeness (QED) is 0.158. The first-order valence-corrected chi connectivity index (χ1v) is 21.0. The summed E-state index contributed by atoms with van der Waals surface area (Å²) in [5.41, 5.74) is 13.3. The van der Waals surface area contributed by atoms with Crippen molar-refractivity contribution >= 4 is 85.4 Å². The zero-order valence-electron chi connectivity index (χ0n) is 31.6. The van der Waals surface area contributed by atoms with E-state index in [1.807, 2.05) is 11.3 Å². The maximum atomic E-state index is 2.43. The van der Waals surface area contributed by atoms with Crippen LogP contribution in [0.2, 0.25) is 0 Å². The van der Waals surface area contributed by atoms with Gasteiger partial charge in [-0.05, 0) is 135 Å². The minimum atomic E-state index is 0.975. The molecule has 268 valence electrons. The summed E-state index contributed by atoms with van der Waals surface area (Å²) in [5.74, 6) is 0. The molecule has 0 amide bonds. The fourth-order valence-electron chi connectivity index (χ4n) is 10.2. The fraction of sp³-hybridized carbons (Fsp3) is 0.0175. The van der Waals surface area contributed by atoms with Crippen molar-refractivity contribution in [2.45, 2.75) is 6.42 Å². The summed E-state index contributed by atoms with van der Waals surface area (Å²) in [4.78, 5) is 0. The van der Waals surface area contributed by atoms with E-state index in [2.05, 4.69) is 194 Å². The van der Waals surface area contributed by atoms with E-state index >= 15 is 0 Å². The Kier molecular flexibility index (Phi) is 6.76. The number of benzene rings is 11. The van der Waals surface area contributed by atoms with Gasteiger partial charge in [-0.3, -0.25) is 0 Å². The third kappa shape index (κ3) is 4.63. The molecule has 58 heavy (non-hydrogen) atoms. The highest BCUT2D eigenvalue weighted by molar-refractivity contribution is 7.26. The van der Waals surface area contributed by atoms with E-state index in [0.717, 1.165) is 6.42 Å². The van der Waals surface area contributed by atoms with Crippen LogP contribution in [0.4, 0.5) is 0 Å². The normalized spacial score (nSPS) is 12.4. The Morgan fingerprint density at radius 2 is 0.914 bits per heavy atom. The first-order chi connectivity index (χ1) is 28.7. The van der Waals surface area contributed by atoms with E-state index in [1.165, 1.54) is 130 Å². The second-order valence-electron chi connectivity index (χ2n) is 15.9. The molecule has 0 atom stereocenters. The summed E-state index contributed by atoms with van der Waals surface area (Å²) < 4.78 is 2.78. The number of hydrogen-bond acceptors (Lipinski definition) is 1. The Labute approximate surface area is 339 Å². The van der Waals surface area contributed by atoms with Crippen molar-refractivity contribution in [3.8, 4) is 44.5 Å². The van der Waals surface area contributed by atoms with Crippen LogP contribution in [0, 0.1) is 0 Å². The van der Waals surface area contributed by atoms with Gasteiger partial charge in [0.05, 0.1) is 0 Å². The molecule has 0 aliphatic heterocycles. The van der Waals surface area contributed by atoms with Gasteiger partial charge < -0.3 is 0 Å². The predicted molar refractivity (Wildman–Crippen MR) is 251 cm³/mol. The Bertz CT molecular complexity index is 3650. The minimum Gasteiger partial charge on any atom is -0.135 e. The molecule has 0 bridgehead atoms. The largest absolute Gasteiger partial charge is 0.135 e. The van der Waals surface area contributed by atoms with Crippen LogP contribution in [0.3, 0.4) is 0 Å². The van der Waals surface area contributed by atoms with Gasteiger partial charge in [0.15, 0.2) is 0 Å². The van der Waals surface area contributed by atoms with Crippen LogP contribution >= 0.6 is 11.3 Å². The molecule has 1 aliphatic carbocycles. The van der Waals surface area contributed by atoms with Crippen LogP contribution < -0.4 is 0 Å². The molecular formula is C57H34S. The van der Waals surface area contributed by atoms with Crippen molar-refractivity contribution in [1.82, 2.24) is 0 Å². The molecule has 0 unspecified atom stereocenters. The second kappa shape index (κ2) is 12.2. The number of hydrogen-bond donors (Lipinski definition) is 0. The molecular weight excluding hydrogens is 717 g/mol. The van der Waals surface area contributed by atoms with Crippen molar-refractivity contribution in [2.24, 2.45) is 0 Å². The molecule has 1 aliphatic rings. The molecule has 0 spiro atoms. The lowest BCUT2D eigenvalue weighted by Crippen LogP contribution is -1.91. The van der Waals surface area contributed by atoms with Crippen LogP contribution in [-0.2, 0) is 6.42 Å². The molecule has 0 N–H and O–H groups in total. The van der Waals surface area contributed by atoms with Crippen molar-refractivity contribution in [1.29, 1.82) is 0 Å².